The van der Waals surface area contributed by atoms with Gasteiger partial charge in [-0.3, -0.25) is 9.59 Å². The lowest BCUT2D eigenvalue weighted by atomic mass is 10.2. The first kappa shape index (κ1) is 23.5. The van der Waals surface area contributed by atoms with E-state index in [1.807, 2.05) is 6.92 Å². The minimum atomic E-state index is -0.621. The molecule has 1 heterocycles. The quantitative estimate of drug-likeness (QED) is 0.241. The summed E-state index contributed by atoms with van der Waals surface area (Å²) in [7, 11) is 0. The van der Waals surface area contributed by atoms with Crippen LogP contribution in [0.15, 0.2) is 88.0 Å². The number of imide groups is 1. The number of hydrogen-bond acceptors (Lipinski definition) is 6. The van der Waals surface area contributed by atoms with Crippen molar-refractivity contribution in [3.8, 4) is 11.5 Å². The molecule has 1 aliphatic heterocycles. The van der Waals surface area contributed by atoms with E-state index in [0.29, 0.717) is 35.0 Å². The van der Waals surface area contributed by atoms with E-state index >= 15 is 0 Å². The summed E-state index contributed by atoms with van der Waals surface area (Å²) < 4.78 is 11.7. The monoisotopic (exact) mass is 540 g/mol. The fourth-order valence-electron chi connectivity index (χ4n) is 3.24. The average molecular weight is 542 g/mol. The number of benzene rings is 3. The topological polar surface area (TPSA) is 84.9 Å². The number of amides is 2. The molecule has 7 nitrogen and oxygen atoms in total. The maximum Gasteiger partial charge on any atom is 0.343 e. The highest BCUT2D eigenvalue weighted by atomic mass is 79.9. The smallest absolute Gasteiger partial charge is 0.343 e. The fourth-order valence-corrected chi connectivity index (χ4v) is 3.71. The third-order valence-corrected chi connectivity index (χ3v) is 5.73. The van der Waals surface area contributed by atoms with Crippen LogP contribution in [-0.4, -0.2) is 24.4 Å². The van der Waals surface area contributed by atoms with Gasteiger partial charge in [-0.1, -0.05) is 39.7 Å². The summed E-state index contributed by atoms with van der Waals surface area (Å²) in [4.78, 5) is 39.0. The van der Waals surface area contributed by atoms with Crippen LogP contribution in [0.5, 0.6) is 11.5 Å². The van der Waals surface area contributed by atoms with Crippen molar-refractivity contribution in [1.29, 1.82) is 0 Å². The van der Waals surface area contributed by atoms with Crippen molar-refractivity contribution in [3.63, 3.8) is 0 Å². The Morgan fingerprint density at radius 3 is 2.24 bits per heavy atom. The third kappa shape index (κ3) is 4.83. The molecule has 172 valence electrons. The SMILES string of the molecule is CCOc1ccccc1OC(=O)c1ccc(NC2=C(Cl)C(=O)N(c3ccc(Br)cc3)C2=O)cc1. The van der Waals surface area contributed by atoms with Crippen LogP contribution in [-0.2, 0) is 9.59 Å². The van der Waals surface area contributed by atoms with Crippen LogP contribution in [0.3, 0.4) is 0 Å². The summed E-state index contributed by atoms with van der Waals surface area (Å²) in [6.07, 6.45) is 0. The van der Waals surface area contributed by atoms with Gasteiger partial charge >= 0.3 is 5.97 Å². The second kappa shape index (κ2) is 10.1. The number of anilines is 2. The van der Waals surface area contributed by atoms with E-state index in [1.54, 1.807) is 60.7 Å². The summed E-state index contributed by atoms with van der Waals surface area (Å²) >= 11 is 9.49. The Labute approximate surface area is 209 Å². The van der Waals surface area contributed by atoms with Gasteiger partial charge in [-0.05, 0) is 67.6 Å². The van der Waals surface area contributed by atoms with E-state index in [9.17, 15) is 14.4 Å². The Morgan fingerprint density at radius 1 is 0.941 bits per heavy atom. The number of ether oxygens (including phenoxy) is 2. The summed E-state index contributed by atoms with van der Waals surface area (Å²) in [6, 6.07) is 19.9. The number of rotatable bonds is 7. The molecule has 9 heteroatoms. The number of esters is 1. The molecule has 0 saturated carbocycles. The van der Waals surface area contributed by atoms with Crippen LogP contribution in [0, 0.1) is 0 Å². The molecule has 34 heavy (non-hydrogen) atoms. The van der Waals surface area contributed by atoms with Gasteiger partial charge in [0.05, 0.1) is 17.9 Å². The molecule has 0 fully saturated rings. The molecule has 0 bridgehead atoms. The van der Waals surface area contributed by atoms with Gasteiger partial charge in [0, 0.05) is 10.2 Å². The molecule has 2 amide bonds. The lowest BCUT2D eigenvalue weighted by molar-refractivity contribution is -0.120. The number of carbonyl (C=O) groups is 3. The normalized spacial score (nSPS) is 13.3. The van der Waals surface area contributed by atoms with Gasteiger partial charge in [0.15, 0.2) is 11.5 Å². The molecular formula is C25H18BrClN2O5. The fraction of sp³-hybridized carbons (Fsp3) is 0.0800. The lowest BCUT2D eigenvalue weighted by Gasteiger charge is -2.15. The zero-order chi connectivity index (χ0) is 24.2. The van der Waals surface area contributed by atoms with Gasteiger partial charge in [-0.15, -0.1) is 0 Å². The Hall–Kier alpha value is -3.62. The van der Waals surface area contributed by atoms with Gasteiger partial charge in [0.25, 0.3) is 11.8 Å². The van der Waals surface area contributed by atoms with Crippen molar-refractivity contribution in [2.45, 2.75) is 6.92 Å². The highest BCUT2D eigenvalue weighted by molar-refractivity contribution is 9.10. The number of nitrogens with one attached hydrogen (secondary N) is 1. The highest BCUT2D eigenvalue weighted by Crippen LogP contribution is 2.31. The predicted molar refractivity (Wildman–Crippen MR) is 132 cm³/mol. The number of nitrogens with zero attached hydrogens (tertiary/aromatic N) is 1. The summed E-state index contributed by atoms with van der Waals surface area (Å²) in [5, 5.41) is 2.66. The largest absolute Gasteiger partial charge is 0.490 e. The van der Waals surface area contributed by atoms with Gasteiger partial charge in [-0.25, -0.2) is 9.69 Å². The zero-order valence-corrected chi connectivity index (χ0v) is 20.2. The van der Waals surface area contributed by atoms with Crippen molar-refractivity contribution < 1.29 is 23.9 Å². The van der Waals surface area contributed by atoms with Crippen LogP contribution in [0.2, 0.25) is 0 Å². The molecule has 0 spiro atoms. The van der Waals surface area contributed by atoms with E-state index in [2.05, 4.69) is 21.2 Å². The number of carbonyl (C=O) groups excluding carboxylic acids is 3. The molecule has 0 unspecified atom stereocenters. The molecular weight excluding hydrogens is 524 g/mol. The molecule has 0 radical (unpaired) electrons. The predicted octanol–water partition coefficient (Wildman–Crippen LogP) is 5.50. The molecule has 4 rings (SSSR count). The van der Waals surface area contributed by atoms with Crippen molar-refractivity contribution in [2.24, 2.45) is 0 Å². The summed E-state index contributed by atoms with van der Waals surface area (Å²) in [5.74, 6) is -0.975. The van der Waals surface area contributed by atoms with Crippen LogP contribution >= 0.6 is 27.5 Å². The van der Waals surface area contributed by atoms with E-state index in [-0.39, 0.29) is 10.7 Å². The van der Waals surface area contributed by atoms with Gasteiger partial charge in [-0.2, -0.15) is 0 Å². The molecule has 1 N–H and O–H groups in total. The van der Waals surface area contributed by atoms with Crippen molar-refractivity contribution in [1.82, 2.24) is 0 Å². The lowest BCUT2D eigenvalue weighted by Crippen LogP contribution is -2.32. The molecule has 0 atom stereocenters. The molecule has 0 saturated heterocycles. The molecule has 1 aliphatic rings. The van der Waals surface area contributed by atoms with E-state index < -0.39 is 17.8 Å². The van der Waals surface area contributed by atoms with Crippen LogP contribution in [0.25, 0.3) is 0 Å². The van der Waals surface area contributed by atoms with E-state index in [0.717, 1.165) is 9.37 Å². The second-order valence-corrected chi connectivity index (χ2v) is 8.38. The molecule has 3 aromatic rings. The highest BCUT2D eigenvalue weighted by Gasteiger charge is 2.38. The van der Waals surface area contributed by atoms with Crippen molar-refractivity contribution in [2.75, 3.05) is 16.8 Å². The second-order valence-electron chi connectivity index (χ2n) is 7.08. The average Bonchev–Trinajstić information content (AvgIpc) is 3.04. The first-order valence-electron chi connectivity index (χ1n) is 10.2. The van der Waals surface area contributed by atoms with E-state index in [1.165, 1.54) is 12.1 Å². The maximum atomic E-state index is 12.9. The molecule has 3 aromatic carbocycles. The van der Waals surface area contributed by atoms with Crippen LogP contribution < -0.4 is 19.7 Å². The minimum absolute atomic E-state index is 0.0458. The van der Waals surface area contributed by atoms with Gasteiger partial charge in [0.1, 0.15) is 10.7 Å². The summed E-state index contributed by atoms with van der Waals surface area (Å²) in [6.45, 7) is 2.28. The third-order valence-electron chi connectivity index (χ3n) is 4.85. The first-order valence-corrected chi connectivity index (χ1v) is 11.4. The van der Waals surface area contributed by atoms with Crippen molar-refractivity contribution >= 4 is 56.7 Å². The van der Waals surface area contributed by atoms with E-state index in [4.69, 9.17) is 21.1 Å². The zero-order valence-electron chi connectivity index (χ0n) is 17.9. The minimum Gasteiger partial charge on any atom is -0.490 e. The Kier molecular flexibility index (Phi) is 7.00. The van der Waals surface area contributed by atoms with Gasteiger partial charge in [0.2, 0.25) is 0 Å². The Morgan fingerprint density at radius 2 is 1.59 bits per heavy atom. The Balaban J connectivity index is 1.47. The molecule has 0 aromatic heterocycles. The Bertz CT molecular complexity index is 1290. The van der Waals surface area contributed by atoms with Crippen molar-refractivity contribution in [3.05, 3.63) is 93.6 Å². The van der Waals surface area contributed by atoms with Crippen LogP contribution in [0.4, 0.5) is 11.4 Å². The van der Waals surface area contributed by atoms with Crippen LogP contribution in [0.1, 0.15) is 17.3 Å². The number of hydrogen-bond donors (Lipinski definition) is 1. The number of para-hydroxylation sites is 2. The maximum absolute atomic E-state index is 12.9. The number of halogens is 2. The summed E-state index contributed by atoms with van der Waals surface area (Å²) in [5.41, 5.74) is 1.12. The standard InChI is InChI=1S/C25H18BrClN2O5/c1-2-33-19-5-3-4-6-20(19)34-25(32)15-7-11-17(12-8-15)28-22-21(27)23(30)29(24(22)31)18-13-9-16(26)10-14-18/h3-14,28H,2H2,1H3. The van der Waals surface area contributed by atoms with Gasteiger partial charge < -0.3 is 14.8 Å². The molecule has 0 aliphatic carbocycles. The first-order chi connectivity index (χ1) is 16.4.